The second-order valence-corrected chi connectivity index (χ2v) is 4.94. The van der Waals surface area contributed by atoms with E-state index < -0.39 is 5.91 Å². The fraction of sp³-hybridized carbons (Fsp3) is 0.188. The molecule has 0 spiro atoms. The molecule has 4 nitrogen and oxygen atoms in total. The maximum Gasteiger partial charge on any atom is 0.250 e. The van der Waals surface area contributed by atoms with Crippen LogP contribution in [0.5, 0.6) is 0 Å². The molecular formula is C16H17N3O. The molecule has 2 aromatic rings. The third-order valence-corrected chi connectivity index (χ3v) is 3.52. The number of nitrogens with two attached hydrogens (primary N) is 1. The van der Waals surface area contributed by atoms with Crippen molar-refractivity contribution in [1.29, 1.82) is 0 Å². The standard InChI is InChI=1S/C16H17N3O/c17-16(20)13-5-1-2-6-15(13)19-12-7-8-14-11(10-12)4-3-9-18-14/h1-2,5-8,10,18-19H,3-4,9H2,(H2,17,20). The molecule has 1 heterocycles. The summed E-state index contributed by atoms with van der Waals surface area (Å²) in [5.41, 5.74) is 10.1. The number of hydrogen-bond donors (Lipinski definition) is 3. The van der Waals surface area contributed by atoms with Crippen LogP contribution in [0.3, 0.4) is 0 Å². The summed E-state index contributed by atoms with van der Waals surface area (Å²) in [6.45, 7) is 1.03. The molecule has 1 aliphatic heterocycles. The van der Waals surface area contributed by atoms with Crippen LogP contribution in [0.15, 0.2) is 42.5 Å². The first-order valence-electron chi connectivity index (χ1n) is 6.77. The summed E-state index contributed by atoms with van der Waals surface area (Å²) in [5.74, 6) is -0.423. The predicted molar refractivity (Wildman–Crippen MR) is 81.5 cm³/mol. The summed E-state index contributed by atoms with van der Waals surface area (Å²) < 4.78 is 0. The Morgan fingerprint density at radius 1 is 1.20 bits per heavy atom. The van der Waals surface area contributed by atoms with Crippen LogP contribution in [0.25, 0.3) is 0 Å². The van der Waals surface area contributed by atoms with E-state index in [1.54, 1.807) is 6.07 Å². The monoisotopic (exact) mass is 267 g/mol. The van der Waals surface area contributed by atoms with E-state index in [2.05, 4.69) is 22.8 Å². The molecule has 1 amide bonds. The summed E-state index contributed by atoms with van der Waals surface area (Å²) in [4.78, 5) is 11.4. The van der Waals surface area contributed by atoms with Crippen molar-refractivity contribution in [2.75, 3.05) is 17.2 Å². The minimum Gasteiger partial charge on any atom is -0.385 e. The van der Waals surface area contributed by atoms with Crippen LogP contribution in [0.1, 0.15) is 22.3 Å². The Balaban J connectivity index is 1.90. The zero-order valence-corrected chi connectivity index (χ0v) is 11.1. The first-order chi connectivity index (χ1) is 9.74. The van der Waals surface area contributed by atoms with Crippen molar-refractivity contribution in [1.82, 2.24) is 0 Å². The Labute approximate surface area is 118 Å². The molecule has 102 valence electrons. The SMILES string of the molecule is NC(=O)c1ccccc1Nc1ccc2c(c1)CCCN2. The Bertz CT molecular complexity index is 652. The van der Waals surface area contributed by atoms with Crippen LogP contribution in [0.4, 0.5) is 17.1 Å². The van der Waals surface area contributed by atoms with Crippen LogP contribution < -0.4 is 16.4 Å². The van der Waals surface area contributed by atoms with E-state index >= 15 is 0 Å². The van der Waals surface area contributed by atoms with E-state index in [0.717, 1.165) is 30.8 Å². The summed E-state index contributed by atoms with van der Waals surface area (Å²) in [6.07, 6.45) is 2.23. The van der Waals surface area contributed by atoms with Gasteiger partial charge in [0, 0.05) is 17.9 Å². The van der Waals surface area contributed by atoms with Gasteiger partial charge in [-0.15, -0.1) is 0 Å². The van der Waals surface area contributed by atoms with Crippen LogP contribution in [-0.4, -0.2) is 12.5 Å². The van der Waals surface area contributed by atoms with E-state index in [1.165, 1.54) is 11.3 Å². The number of anilines is 3. The van der Waals surface area contributed by atoms with Gasteiger partial charge in [-0.25, -0.2) is 0 Å². The maximum absolute atomic E-state index is 11.4. The number of benzene rings is 2. The zero-order chi connectivity index (χ0) is 13.9. The average Bonchev–Trinajstić information content (AvgIpc) is 2.47. The van der Waals surface area contributed by atoms with Crippen LogP contribution in [-0.2, 0) is 6.42 Å². The van der Waals surface area contributed by atoms with Gasteiger partial charge in [-0.3, -0.25) is 4.79 Å². The smallest absolute Gasteiger partial charge is 0.250 e. The number of nitrogens with one attached hydrogen (secondary N) is 2. The molecule has 20 heavy (non-hydrogen) atoms. The van der Waals surface area contributed by atoms with Crippen molar-refractivity contribution in [3.05, 3.63) is 53.6 Å². The third-order valence-electron chi connectivity index (χ3n) is 3.52. The van der Waals surface area contributed by atoms with Gasteiger partial charge < -0.3 is 16.4 Å². The Hall–Kier alpha value is -2.49. The summed E-state index contributed by atoms with van der Waals surface area (Å²) >= 11 is 0. The van der Waals surface area contributed by atoms with Crippen LogP contribution in [0.2, 0.25) is 0 Å². The molecule has 0 aromatic heterocycles. The molecule has 0 saturated heterocycles. The van der Waals surface area contributed by atoms with Crippen molar-refractivity contribution < 1.29 is 4.79 Å². The lowest BCUT2D eigenvalue weighted by atomic mass is 10.0. The third kappa shape index (κ3) is 2.45. The van der Waals surface area contributed by atoms with Gasteiger partial charge in [-0.1, -0.05) is 12.1 Å². The molecule has 0 saturated carbocycles. The Morgan fingerprint density at radius 3 is 2.90 bits per heavy atom. The van der Waals surface area contributed by atoms with E-state index in [9.17, 15) is 4.79 Å². The number of carbonyl (C=O) groups excluding carboxylic acids is 1. The Morgan fingerprint density at radius 2 is 2.05 bits per heavy atom. The molecule has 0 fully saturated rings. The molecule has 0 aliphatic carbocycles. The molecule has 3 rings (SSSR count). The largest absolute Gasteiger partial charge is 0.385 e. The van der Waals surface area contributed by atoms with Gasteiger partial charge in [0.25, 0.3) is 5.91 Å². The van der Waals surface area contributed by atoms with Crippen molar-refractivity contribution in [3.63, 3.8) is 0 Å². The van der Waals surface area contributed by atoms with Gasteiger partial charge in [0.2, 0.25) is 0 Å². The fourth-order valence-corrected chi connectivity index (χ4v) is 2.52. The zero-order valence-electron chi connectivity index (χ0n) is 11.1. The van der Waals surface area contributed by atoms with Crippen molar-refractivity contribution in [2.24, 2.45) is 5.73 Å². The number of primary amides is 1. The van der Waals surface area contributed by atoms with Crippen molar-refractivity contribution >= 4 is 23.0 Å². The lowest BCUT2D eigenvalue weighted by Crippen LogP contribution is -2.13. The highest BCUT2D eigenvalue weighted by atomic mass is 16.1. The fourth-order valence-electron chi connectivity index (χ4n) is 2.52. The number of amides is 1. The molecule has 0 atom stereocenters. The van der Waals surface area contributed by atoms with Gasteiger partial charge in [0.1, 0.15) is 0 Å². The van der Waals surface area contributed by atoms with E-state index in [1.807, 2.05) is 24.3 Å². The van der Waals surface area contributed by atoms with Crippen LogP contribution in [0, 0.1) is 0 Å². The molecule has 0 bridgehead atoms. The topological polar surface area (TPSA) is 67.2 Å². The normalized spacial score (nSPS) is 13.2. The van der Waals surface area contributed by atoms with Gasteiger partial charge in [0.15, 0.2) is 0 Å². The summed E-state index contributed by atoms with van der Waals surface area (Å²) in [6, 6.07) is 13.5. The van der Waals surface area contributed by atoms with Crippen molar-refractivity contribution in [2.45, 2.75) is 12.8 Å². The number of aryl methyl sites for hydroxylation is 1. The highest BCUT2D eigenvalue weighted by Crippen LogP contribution is 2.27. The minimum atomic E-state index is -0.423. The van der Waals surface area contributed by atoms with Gasteiger partial charge >= 0.3 is 0 Å². The highest BCUT2D eigenvalue weighted by molar-refractivity contribution is 5.99. The number of fused-ring (bicyclic) bond motifs is 1. The number of carbonyl (C=O) groups is 1. The number of rotatable bonds is 3. The van der Waals surface area contributed by atoms with Gasteiger partial charge in [0.05, 0.1) is 11.3 Å². The van der Waals surface area contributed by atoms with Crippen molar-refractivity contribution in [3.8, 4) is 0 Å². The lowest BCUT2D eigenvalue weighted by Gasteiger charge is -2.19. The lowest BCUT2D eigenvalue weighted by molar-refractivity contribution is 0.100. The first-order valence-corrected chi connectivity index (χ1v) is 6.77. The van der Waals surface area contributed by atoms with E-state index in [4.69, 9.17) is 5.73 Å². The highest BCUT2D eigenvalue weighted by Gasteiger charge is 2.11. The number of hydrogen-bond acceptors (Lipinski definition) is 3. The van der Waals surface area contributed by atoms with Gasteiger partial charge in [-0.2, -0.15) is 0 Å². The summed E-state index contributed by atoms with van der Waals surface area (Å²) in [7, 11) is 0. The predicted octanol–water partition coefficient (Wildman–Crippen LogP) is 2.89. The first kappa shape index (κ1) is 12.5. The Kier molecular flexibility index (Phi) is 3.29. The molecule has 0 unspecified atom stereocenters. The van der Waals surface area contributed by atoms with E-state index in [-0.39, 0.29) is 0 Å². The van der Waals surface area contributed by atoms with E-state index in [0.29, 0.717) is 5.56 Å². The molecule has 1 aliphatic rings. The maximum atomic E-state index is 11.4. The molecule has 2 aromatic carbocycles. The quantitative estimate of drug-likeness (QED) is 0.801. The average molecular weight is 267 g/mol. The van der Waals surface area contributed by atoms with Crippen LogP contribution >= 0.6 is 0 Å². The number of para-hydroxylation sites is 1. The second-order valence-electron chi connectivity index (χ2n) is 4.94. The molecule has 4 N–H and O–H groups in total. The molecule has 0 radical (unpaired) electrons. The van der Waals surface area contributed by atoms with Gasteiger partial charge in [-0.05, 0) is 48.7 Å². The minimum absolute atomic E-state index is 0.423. The molecule has 4 heteroatoms. The molecular weight excluding hydrogens is 250 g/mol. The second kappa shape index (κ2) is 5.25. The summed E-state index contributed by atoms with van der Waals surface area (Å²) in [5, 5.41) is 6.66.